The van der Waals surface area contributed by atoms with Gasteiger partial charge in [-0.2, -0.15) is 0 Å². The molecule has 0 unspecified atom stereocenters. The Kier molecular flexibility index (Phi) is 12.1. The summed E-state index contributed by atoms with van der Waals surface area (Å²) >= 11 is 0. The molecule has 15 rings (SSSR count). The summed E-state index contributed by atoms with van der Waals surface area (Å²) in [6, 6.07) is 105. The Morgan fingerprint density at radius 3 is 1.27 bits per heavy atom. The van der Waals surface area contributed by atoms with E-state index in [1.54, 1.807) is 0 Å². The van der Waals surface area contributed by atoms with E-state index in [9.17, 15) is 0 Å². The van der Waals surface area contributed by atoms with E-state index in [0.717, 1.165) is 45.5 Å². The number of para-hydroxylation sites is 2. The van der Waals surface area contributed by atoms with Crippen molar-refractivity contribution in [2.45, 2.75) is 52.4 Å². The highest BCUT2D eigenvalue weighted by Crippen LogP contribution is 2.56. The molecule has 0 spiro atoms. The van der Waals surface area contributed by atoms with Crippen LogP contribution in [0.1, 0.15) is 52.7 Å². The summed E-state index contributed by atoms with van der Waals surface area (Å²) in [6.07, 6.45) is 0. The molecule has 3 heterocycles. The molecule has 0 aromatic heterocycles. The fourth-order valence-electron chi connectivity index (χ4n) is 13.4. The zero-order valence-electron chi connectivity index (χ0n) is 48.5. The zero-order chi connectivity index (χ0) is 56.8. The van der Waals surface area contributed by atoms with Gasteiger partial charge in [-0.25, -0.2) is 0 Å². The minimum atomic E-state index is -0.152. The first-order chi connectivity index (χ1) is 40.9. The molecule has 402 valence electrons. The summed E-state index contributed by atoms with van der Waals surface area (Å²) in [4.78, 5) is 7.67. The highest BCUT2D eigenvalue weighted by Gasteiger charge is 2.46. The standard InChI is InChI=1S/C80H64BN3/c1-79(2,3)61-39-31-55(32-40-61)56-35-43-65(44-36-56)83-74-50-59(57-33-41-62(42-34-57)80(4,5)6)37-45-71(74)81-72-49-60(54-23-13-8-14-24-54)48-70-68-30-20-19-29-67(68)69-47-58(53-21-11-7-12-22-53)38-46-73(69)84(78(70)72)76-52-66(51-75(83)77(76)81)82(63-25-15-9-16-26-63)64-27-17-10-18-28-64/h7-52H,1-6H3. The monoisotopic (exact) mass is 1080 g/mol. The number of fused-ring (bicyclic) bond motifs is 9. The minimum absolute atomic E-state index is 0.0326. The Morgan fingerprint density at radius 1 is 0.286 bits per heavy atom. The van der Waals surface area contributed by atoms with Crippen LogP contribution in [0.2, 0.25) is 0 Å². The normalized spacial score (nSPS) is 12.8. The lowest BCUT2D eigenvalue weighted by Crippen LogP contribution is -2.61. The molecule has 3 aliphatic rings. The van der Waals surface area contributed by atoms with Crippen molar-refractivity contribution in [2.75, 3.05) is 14.7 Å². The molecule has 0 atom stereocenters. The van der Waals surface area contributed by atoms with Gasteiger partial charge in [0.15, 0.2) is 0 Å². The van der Waals surface area contributed by atoms with Crippen LogP contribution >= 0.6 is 0 Å². The second-order valence-corrected chi connectivity index (χ2v) is 25.0. The zero-order valence-corrected chi connectivity index (χ0v) is 48.5. The van der Waals surface area contributed by atoms with Crippen molar-refractivity contribution < 1.29 is 0 Å². The molecule has 12 aromatic rings. The molecule has 0 radical (unpaired) electrons. The lowest BCUT2D eigenvalue weighted by Gasteiger charge is -2.45. The van der Waals surface area contributed by atoms with Crippen molar-refractivity contribution in [1.82, 2.24) is 0 Å². The van der Waals surface area contributed by atoms with Crippen LogP contribution in [0.3, 0.4) is 0 Å². The molecule has 0 bridgehead atoms. The van der Waals surface area contributed by atoms with Gasteiger partial charge in [-0.1, -0.05) is 248 Å². The predicted octanol–water partition coefficient (Wildman–Crippen LogP) is 20.1. The molecule has 3 aliphatic heterocycles. The molecule has 0 saturated heterocycles. The van der Waals surface area contributed by atoms with Gasteiger partial charge in [0.25, 0.3) is 6.71 Å². The van der Waals surface area contributed by atoms with E-state index in [2.05, 4.69) is 335 Å². The highest BCUT2D eigenvalue weighted by molar-refractivity contribution is 7.00. The molecule has 0 amide bonds. The Morgan fingerprint density at radius 2 is 0.714 bits per heavy atom. The van der Waals surface area contributed by atoms with Crippen LogP contribution in [0.15, 0.2) is 279 Å². The van der Waals surface area contributed by atoms with Crippen molar-refractivity contribution in [1.29, 1.82) is 0 Å². The van der Waals surface area contributed by atoms with Crippen molar-refractivity contribution in [3.05, 3.63) is 290 Å². The van der Waals surface area contributed by atoms with E-state index < -0.39 is 0 Å². The fraction of sp³-hybridized carbons (Fsp3) is 0.100. The van der Waals surface area contributed by atoms with Crippen molar-refractivity contribution in [2.24, 2.45) is 0 Å². The van der Waals surface area contributed by atoms with Crippen LogP contribution in [0.4, 0.5) is 51.2 Å². The van der Waals surface area contributed by atoms with Crippen molar-refractivity contribution in [3.63, 3.8) is 0 Å². The molecule has 12 aromatic carbocycles. The molecule has 84 heavy (non-hydrogen) atoms. The van der Waals surface area contributed by atoms with Gasteiger partial charge in [0.05, 0.1) is 11.4 Å². The van der Waals surface area contributed by atoms with Crippen molar-refractivity contribution >= 4 is 74.3 Å². The number of nitrogens with zero attached hydrogens (tertiary/aromatic N) is 3. The highest BCUT2D eigenvalue weighted by atomic mass is 15.2. The predicted molar refractivity (Wildman–Crippen MR) is 359 cm³/mol. The molecule has 0 N–H and O–H groups in total. The average molecular weight is 1080 g/mol. The summed E-state index contributed by atoms with van der Waals surface area (Å²) in [7, 11) is 0. The van der Waals surface area contributed by atoms with Gasteiger partial charge >= 0.3 is 0 Å². The van der Waals surface area contributed by atoms with Gasteiger partial charge in [-0.05, 0) is 167 Å². The second kappa shape index (κ2) is 19.9. The third-order valence-electron chi connectivity index (χ3n) is 17.7. The molecular formula is C80H64BN3. The van der Waals surface area contributed by atoms with Crippen LogP contribution in [0, 0.1) is 0 Å². The molecule has 0 aliphatic carbocycles. The van der Waals surface area contributed by atoms with Crippen LogP contribution in [0.25, 0.3) is 66.8 Å². The van der Waals surface area contributed by atoms with Crippen LogP contribution in [-0.4, -0.2) is 6.71 Å². The van der Waals surface area contributed by atoms with Gasteiger partial charge in [0.1, 0.15) is 0 Å². The summed E-state index contributed by atoms with van der Waals surface area (Å²) < 4.78 is 0. The number of hydrogen-bond donors (Lipinski definition) is 0. The van der Waals surface area contributed by atoms with E-state index in [1.165, 1.54) is 100.0 Å². The van der Waals surface area contributed by atoms with E-state index in [1.807, 2.05) is 0 Å². The summed E-state index contributed by atoms with van der Waals surface area (Å²) in [5.74, 6) is 0. The maximum absolute atomic E-state index is 2.65. The first kappa shape index (κ1) is 51.0. The van der Waals surface area contributed by atoms with Gasteiger partial charge in [0, 0.05) is 50.9 Å². The number of hydrogen-bond acceptors (Lipinski definition) is 3. The summed E-state index contributed by atoms with van der Waals surface area (Å²) in [6.45, 7) is 13.6. The Hall–Kier alpha value is -9.90. The number of anilines is 9. The number of benzene rings is 12. The molecule has 0 saturated carbocycles. The van der Waals surface area contributed by atoms with Crippen molar-refractivity contribution in [3.8, 4) is 66.8 Å². The molecule has 0 fully saturated rings. The van der Waals surface area contributed by atoms with Gasteiger partial charge in [-0.3, -0.25) is 0 Å². The average Bonchev–Trinajstić information content (AvgIpc) is 2.28. The smallest absolute Gasteiger partial charge is 0.252 e. The summed E-state index contributed by atoms with van der Waals surface area (Å²) in [5.41, 5.74) is 31.0. The van der Waals surface area contributed by atoms with Gasteiger partial charge in [0.2, 0.25) is 0 Å². The Bertz CT molecular complexity index is 4430. The Labute approximate surface area is 495 Å². The topological polar surface area (TPSA) is 9.72 Å². The fourth-order valence-corrected chi connectivity index (χ4v) is 13.4. The van der Waals surface area contributed by atoms with E-state index >= 15 is 0 Å². The first-order valence-electron chi connectivity index (χ1n) is 29.6. The summed E-state index contributed by atoms with van der Waals surface area (Å²) in [5, 5.41) is 0. The molecule has 4 heteroatoms. The second-order valence-electron chi connectivity index (χ2n) is 25.0. The minimum Gasteiger partial charge on any atom is -0.311 e. The number of rotatable bonds is 8. The van der Waals surface area contributed by atoms with E-state index in [4.69, 9.17) is 0 Å². The quantitative estimate of drug-likeness (QED) is 0.140. The largest absolute Gasteiger partial charge is 0.311 e. The first-order valence-corrected chi connectivity index (χ1v) is 29.6. The maximum Gasteiger partial charge on any atom is 0.252 e. The van der Waals surface area contributed by atoms with Gasteiger partial charge in [-0.15, -0.1) is 0 Å². The maximum atomic E-state index is 2.65. The Balaban J connectivity index is 1.06. The third-order valence-corrected chi connectivity index (χ3v) is 17.7. The lowest BCUT2D eigenvalue weighted by atomic mass is 9.33. The lowest BCUT2D eigenvalue weighted by molar-refractivity contribution is 0.590. The van der Waals surface area contributed by atoms with Crippen LogP contribution in [0.5, 0.6) is 0 Å². The SMILES string of the molecule is CC(C)(C)c1ccc(-c2ccc(N3c4cc(-c5ccc(C(C)(C)C)cc5)ccc4B4c5cc(-c6ccccc6)cc6c5N(c5ccc(-c7ccccc7)cc5-c5ccccc5-6)c5cc(N(c6ccccc6)c6ccccc6)cc3c54)cc2)cc1. The third kappa shape index (κ3) is 8.67. The molecule has 3 nitrogen and oxygen atoms in total. The molecular weight excluding hydrogens is 1010 g/mol. The van der Waals surface area contributed by atoms with Crippen LogP contribution < -0.4 is 31.1 Å². The van der Waals surface area contributed by atoms with E-state index in [0.29, 0.717) is 0 Å². The van der Waals surface area contributed by atoms with Gasteiger partial charge < -0.3 is 14.7 Å². The van der Waals surface area contributed by atoms with Crippen LogP contribution in [-0.2, 0) is 10.8 Å². The van der Waals surface area contributed by atoms with E-state index in [-0.39, 0.29) is 17.5 Å².